The highest BCUT2D eigenvalue weighted by molar-refractivity contribution is 5.94. The van der Waals surface area contributed by atoms with Gasteiger partial charge in [-0.1, -0.05) is 0 Å². The van der Waals surface area contributed by atoms with Gasteiger partial charge in [0.05, 0.1) is 0 Å². The van der Waals surface area contributed by atoms with Crippen LogP contribution in [0.2, 0.25) is 0 Å². The maximum atomic E-state index is 11.2. The van der Waals surface area contributed by atoms with Crippen molar-refractivity contribution in [2.75, 3.05) is 0 Å². The molecule has 2 fully saturated rings. The number of fused-ring (bicyclic) bond motifs is 2. The molecule has 14 heavy (non-hydrogen) atoms. The molecular weight excluding hydrogens is 180 g/mol. The molecule has 2 rings (SSSR count). The summed E-state index contributed by atoms with van der Waals surface area (Å²) < 4.78 is 5.30. The van der Waals surface area contributed by atoms with Gasteiger partial charge in [-0.3, -0.25) is 9.59 Å². The molecule has 0 N–H and O–H groups in total. The Morgan fingerprint density at radius 2 is 2.07 bits per heavy atom. The second kappa shape index (κ2) is 3.71. The van der Waals surface area contributed by atoms with Crippen molar-refractivity contribution in [1.82, 2.24) is 0 Å². The van der Waals surface area contributed by atoms with E-state index in [2.05, 4.69) is 0 Å². The van der Waals surface area contributed by atoms with Crippen molar-refractivity contribution >= 4 is 11.8 Å². The lowest BCUT2D eigenvalue weighted by Gasteiger charge is -2.21. The number of carbonyl (C=O) groups excluding carboxylic acids is 2. The highest BCUT2D eigenvalue weighted by Gasteiger charge is 2.41. The third-order valence-electron chi connectivity index (χ3n) is 3.35. The fourth-order valence-corrected chi connectivity index (χ4v) is 2.74. The van der Waals surface area contributed by atoms with Crippen molar-refractivity contribution in [2.45, 2.75) is 45.1 Å². The van der Waals surface area contributed by atoms with Crippen molar-refractivity contribution in [3.05, 3.63) is 0 Å². The summed E-state index contributed by atoms with van der Waals surface area (Å²) >= 11 is 0. The fraction of sp³-hybridized carbons (Fsp3) is 0.818. The summed E-state index contributed by atoms with van der Waals surface area (Å²) in [5.74, 6) is 0.902. The molecule has 0 amide bonds. The quantitative estimate of drug-likeness (QED) is 0.509. The van der Waals surface area contributed by atoms with E-state index < -0.39 is 0 Å². The van der Waals surface area contributed by atoms with Crippen molar-refractivity contribution in [3.63, 3.8) is 0 Å². The van der Waals surface area contributed by atoms with E-state index in [0.717, 1.165) is 12.3 Å². The molecule has 0 unspecified atom stereocenters. The minimum atomic E-state index is -0.338. The molecule has 0 aromatic rings. The summed E-state index contributed by atoms with van der Waals surface area (Å²) in [5.41, 5.74) is 0. The number of rotatable bonds is 3. The molecule has 0 aliphatic heterocycles. The van der Waals surface area contributed by atoms with E-state index in [1.807, 2.05) is 0 Å². The molecule has 0 saturated heterocycles. The van der Waals surface area contributed by atoms with Crippen LogP contribution in [-0.2, 0) is 14.3 Å². The van der Waals surface area contributed by atoms with Gasteiger partial charge in [-0.15, -0.1) is 0 Å². The summed E-state index contributed by atoms with van der Waals surface area (Å²) in [7, 11) is 0. The minimum Gasteiger partial charge on any atom is -0.462 e. The first-order chi connectivity index (χ1) is 6.65. The van der Waals surface area contributed by atoms with E-state index in [1.165, 1.54) is 26.2 Å². The average Bonchev–Trinajstić information content (AvgIpc) is 2.62. The molecule has 0 aromatic carbocycles. The smallest absolute Gasteiger partial charge is 0.313 e. The summed E-state index contributed by atoms with van der Waals surface area (Å²) in [6.45, 7) is 1.42. The lowest BCUT2D eigenvalue weighted by Crippen LogP contribution is -2.24. The molecule has 2 saturated carbocycles. The number of ketones is 1. The molecule has 78 valence electrons. The Hall–Kier alpha value is -0.860. The van der Waals surface area contributed by atoms with Gasteiger partial charge in [-0.2, -0.15) is 0 Å². The highest BCUT2D eigenvalue weighted by Crippen LogP contribution is 2.45. The molecule has 2 bridgehead atoms. The summed E-state index contributed by atoms with van der Waals surface area (Å²) in [6, 6.07) is 0. The van der Waals surface area contributed by atoms with E-state index in [-0.39, 0.29) is 24.3 Å². The van der Waals surface area contributed by atoms with Gasteiger partial charge in [-0.25, -0.2) is 0 Å². The van der Waals surface area contributed by atoms with Crippen LogP contribution < -0.4 is 0 Å². The Morgan fingerprint density at radius 1 is 1.29 bits per heavy atom. The number of hydrogen-bond donors (Lipinski definition) is 0. The van der Waals surface area contributed by atoms with Gasteiger partial charge in [0.15, 0.2) is 0 Å². The minimum absolute atomic E-state index is 0.0616. The van der Waals surface area contributed by atoms with Gasteiger partial charge in [0.25, 0.3) is 0 Å². The van der Waals surface area contributed by atoms with E-state index in [9.17, 15) is 9.59 Å². The van der Waals surface area contributed by atoms with Crippen LogP contribution in [0.1, 0.15) is 39.0 Å². The van der Waals surface area contributed by atoms with Crippen LogP contribution in [0.3, 0.4) is 0 Å². The Kier molecular flexibility index (Phi) is 2.57. The first-order valence-corrected chi connectivity index (χ1v) is 5.34. The van der Waals surface area contributed by atoms with Crippen molar-refractivity contribution < 1.29 is 14.3 Å². The monoisotopic (exact) mass is 196 g/mol. The lowest BCUT2D eigenvalue weighted by molar-refractivity contribution is -0.152. The maximum absolute atomic E-state index is 11.2. The molecule has 3 heteroatoms. The zero-order valence-electron chi connectivity index (χ0n) is 8.49. The second-order valence-corrected chi connectivity index (χ2v) is 4.58. The summed E-state index contributed by atoms with van der Waals surface area (Å²) in [5, 5.41) is 0. The maximum Gasteiger partial charge on any atom is 0.313 e. The zero-order chi connectivity index (χ0) is 10.1. The number of esters is 1. The van der Waals surface area contributed by atoms with Crippen LogP contribution in [0, 0.1) is 11.8 Å². The van der Waals surface area contributed by atoms with E-state index in [4.69, 9.17) is 4.74 Å². The summed E-state index contributed by atoms with van der Waals surface area (Å²) in [6.07, 6.45) is 4.79. The SMILES string of the molecule is CC(=O)CC(=O)O[C@H]1C[C@@H]2CC[C@H]1C2. The third-order valence-corrected chi connectivity index (χ3v) is 3.35. The normalized spacial score (nSPS) is 34.5. The van der Waals surface area contributed by atoms with Gasteiger partial charge >= 0.3 is 5.97 Å². The van der Waals surface area contributed by atoms with Crippen molar-refractivity contribution in [3.8, 4) is 0 Å². The predicted octanol–water partition coefficient (Wildman–Crippen LogP) is 1.70. The Labute approximate surface area is 83.8 Å². The number of carbonyl (C=O) groups is 2. The van der Waals surface area contributed by atoms with Gasteiger partial charge in [-0.05, 0) is 44.4 Å². The first kappa shape index (κ1) is 9.69. The van der Waals surface area contributed by atoms with Crippen LogP contribution in [0.25, 0.3) is 0 Å². The average molecular weight is 196 g/mol. The molecule has 2 aliphatic rings. The molecule has 0 aromatic heterocycles. The molecule has 0 radical (unpaired) electrons. The van der Waals surface area contributed by atoms with Crippen LogP contribution in [0.15, 0.2) is 0 Å². The Bertz CT molecular complexity index is 259. The lowest BCUT2D eigenvalue weighted by atomic mass is 9.98. The predicted molar refractivity (Wildman–Crippen MR) is 50.6 cm³/mol. The molecule has 3 atom stereocenters. The van der Waals surface area contributed by atoms with Gasteiger partial charge in [0, 0.05) is 0 Å². The van der Waals surface area contributed by atoms with Crippen molar-refractivity contribution in [1.29, 1.82) is 0 Å². The second-order valence-electron chi connectivity index (χ2n) is 4.58. The zero-order valence-corrected chi connectivity index (χ0v) is 8.49. The van der Waals surface area contributed by atoms with Crippen LogP contribution in [0.5, 0.6) is 0 Å². The van der Waals surface area contributed by atoms with E-state index in [1.54, 1.807) is 0 Å². The highest BCUT2D eigenvalue weighted by atomic mass is 16.5. The number of ether oxygens (including phenoxy) is 1. The van der Waals surface area contributed by atoms with E-state index >= 15 is 0 Å². The van der Waals surface area contributed by atoms with Crippen molar-refractivity contribution in [2.24, 2.45) is 11.8 Å². The van der Waals surface area contributed by atoms with Gasteiger partial charge in [0.2, 0.25) is 0 Å². The Morgan fingerprint density at radius 3 is 2.57 bits per heavy atom. The third kappa shape index (κ3) is 1.97. The summed E-state index contributed by atoms with van der Waals surface area (Å²) in [4.78, 5) is 21.9. The molecule has 3 nitrogen and oxygen atoms in total. The standard InChI is InChI=1S/C11H16O3/c1-7(12)4-11(13)14-10-6-8-2-3-9(10)5-8/h8-10H,2-6H2,1H3/t8-,9+,10+/m1/s1. The molecule has 0 spiro atoms. The Balaban J connectivity index is 1.81. The largest absolute Gasteiger partial charge is 0.462 e. The molecule has 2 aliphatic carbocycles. The fourth-order valence-electron chi connectivity index (χ4n) is 2.74. The first-order valence-electron chi connectivity index (χ1n) is 5.34. The van der Waals surface area contributed by atoms with E-state index in [0.29, 0.717) is 5.92 Å². The molecular formula is C11H16O3. The molecule has 0 heterocycles. The van der Waals surface area contributed by atoms with Gasteiger partial charge < -0.3 is 4.74 Å². The van der Waals surface area contributed by atoms with Crippen LogP contribution in [0.4, 0.5) is 0 Å². The van der Waals surface area contributed by atoms with Crippen LogP contribution in [-0.4, -0.2) is 17.9 Å². The number of Topliss-reactive ketones (excluding diaryl/α,β-unsaturated/α-hetero) is 1. The number of hydrogen-bond acceptors (Lipinski definition) is 3. The van der Waals surface area contributed by atoms with Crippen LogP contribution >= 0.6 is 0 Å². The topological polar surface area (TPSA) is 43.4 Å². The van der Waals surface area contributed by atoms with Gasteiger partial charge in [0.1, 0.15) is 18.3 Å².